The number of aromatic nitrogens is 4. The first-order valence-corrected chi connectivity index (χ1v) is 8.73. The second-order valence-electron chi connectivity index (χ2n) is 6.78. The predicted octanol–water partition coefficient (Wildman–Crippen LogP) is 3.08. The average Bonchev–Trinajstić information content (AvgIpc) is 3.17. The van der Waals surface area contributed by atoms with Crippen molar-refractivity contribution in [3.05, 3.63) is 34.7 Å². The van der Waals surface area contributed by atoms with Crippen LogP contribution < -0.4 is 0 Å². The molecule has 3 aromatic heterocycles. The molecule has 0 aliphatic rings. The molecule has 3 rings (SSSR count). The van der Waals surface area contributed by atoms with Gasteiger partial charge in [0, 0.05) is 18.7 Å². The van der Waals surface area contributed by atoms with Gasteiger partial charge in [0.15, 0.2) is 5.82 Å². The lowest BCUT2D eigenvalue weighted by Crippen LogP contribution is -2.31. The van der Waals surface area contributed by atoms with E-state index >= 15 is 0 Å². The molecule has 0 bridgehead atoms. The van der Waals surface area contributed by atoms with Crippen LogP contribution in [0, 0.1) is 19.8 Å². The number of nitrogens with zero attached hydrogens (tertiary/aromatic N) is 5. The van der Waals surface area contributed by atoms with E-state index in [1.807, 2.05) is 13.8 Å². The molecular formula is C18H23N5O3. The Kier molecular flexibility index (Phi) is 5.01. The van der Waals surface area contributed by atoms with E-state index in [1.54, 1.807) is 17.9 Å². The van der Waals surface area contributed by atoms with Crippen molar-refractivity contribution in [2.45, 2.75) is 47.6 Å². The molecule has 3 aromatic rings. The van der Waals surface area contributed by atoms with Gasteiger partial charge in [-0.05, 0) is 32.8 Å². The van der Waals surface area contributed by atoms with E-state index in [0.29, 0.717) is 52.2 Å². The van der Waals surface area contributed by atoms with Crippen LogP contribution in [0.4, 0.5) is 0 Å². The van der Waals surface area contributed by atoms with E-state index in [0.717, 1.165) is 6.42 Å². The van der Waals surface area contributed by atoms with E-state index in [2.05, 4.69) is 34.1 Å². The summed E-state index contributed by atoms with van der Waals surface area (Å²) in [6.07, 6.45) is 0.719. The van der Waals surface area contributed by atoms with Crippen molar-refractivity contribution in [2.75, 3.05) is 6.54 Å². The van der Waals surface area contributed by atoms with Crippen LogP contribution in [0.3, 0.4) is 0 Å². The number of carbonyl (C=O) groups is 1. The zero-order valence-corrected chi connectivity index (χ0v) is 15.7. The Morgan fingerprint density at radius 3 is 2.65 bits per heavy atom. The molecule has 26 heavy (non-hydrogen) atoms. The summed E-state index contributed by atoms with van der Waals surface area (Å²) in [6.45, 7) is 10.5. The molecule has 0 fully saturated rings. The molecule has 0 saturated heterocycles. The van der Waals surface area contributed by atoms with Gasteiger partial charge >= 0.3 is 0 Å². The first kappa shape index (κ1) is 18.0. The fourth-order valence-electron chi connectivity index (χ4n) is 2.84. The van der Waals surface area contributed by atoms with Crippen LogP contribution >= 0.6 is 0 Å². The maximum atomic E-state index is 13.1. The van der Waals surface area contributed by atoms with Crippen LogP contribution in [-0.4, -0.2) is 37.6 Å². The minimum absolute atomic E-state index is 0.135. The highest BCUT2D eigenvalue weighted by Gasteiger charge is 2.23. The molecule has 0 aliphatic carbocycles. The van der Waals surface area contributed by atoms with Crippen LogP contribution in [0.1, 0.15) is 54.2 Å². The largest absolute Gasteiger partial charge is 0.339 e. The van der Waals surface area contributed by atoms with Crippen molar-refractivity contribution in [3.63, 3.8) is 0 Å². The summed E-state index contributed by atoms with van der Waals surface area (Å²) in [5, 5.41) is 8.58. The van der Waals surface area contributed by atoms with E-state index in [9.17, 15) is 4.79 Å². The zero-order chi connectivity index (χ0) is 18.8. The Balaban J connectivity index is 1.88. The molecule has 0 N–H and O–H groups in total. The third kappa shape index (κ3) is 3.58. The van der Waals surface area contributed by atoms with Gasteiger partial charge in [0.05, 0.1) is 23.2 Å². The lowest BCUT2D eigenvalue weighted by Gasteiger charge is -2.19. The normalized spacial score (nSPS) is 11.5. The van der Waals surface area contributed by atoms with Crippen molar-refractivity contribution >= 4 is 17.0 Å². The minimum Gasteiger partial charge on any atom is -0.339 e. The number of rotatable bonds is 6. The lowest BCUT2D eigenvalue weighted by atomic mass is 10.1. The number of pyridine rings is 1. The molecule has 0 atom stereocenters. The highest BCUT2D eigenvalue weighted by Crippen LogP contribution is 2.23. The van der Waals surface area contributed by atoms with Crippen molar-refractivity contribution in [1.29, 1.82) is 0 Å². The van der Waals surface area contributed by atoms with Gasteiger partial charge in [-0.25, -0.2) is 4.98 Å². The van der Waals surface area contributed by atoms with Gasteiger partial charge < -0.3 is 13.9 Å². The van der Waals surface area contributed by atoms with E-state index in [4.69, 9.17) is 9.05 Å². The molecular weight excluding hydrogens is 334 g/mol. The monoisotopic (exact) mass is 357 g/mol. The summed E-state index contributed by atoms with van der Waals surface area (Å²) in [5.74, 6) is 1.39. The Morgan fingerprint density at radius 1 is 1.19 bits per heavy atom. The van der Waals surface area contributed by atoms with Gasteiger partial charge in [-0.2, -0.15) is 4.98 Å². The van der Waals surface area contributed by atoms with Crippen molar-refractivity contribution in [1.82, 2.24) is 25.2 Å². The topological polar surface area (TPSA) is 98.2 Å². The van der Waals surface area contributed by atoms with Crippen LogP contribution in [0.5, 0.6) is 0 Å². The van der Waals surface area contributed by atoms with E-state index < -0.39 is 0 Å². The predicted molar refractivity (Wildman–Crippen MR) is 94.5 cm³/mol. The quantitative estimate of drug-likeness (QED) is 0.668. The average molecular weight is 357 g/mol. The molecule has 0 aliphatic heterocycles. The maximum Gasteiger partial charge on any atom is 0.258 e. The Morgan fingerprint density at radius 2 is 1.96 bits per heavy atom. The van der Waals surface area contributed by atoms with Crippen molar-refractivity contribution < 1.29 is 13.8 Å². The molecule has 0 aromatic carbocycles. The van der Waals surface area contributed by atoms with Crippen LogP contribution in [0.25, 0.3) is 11.1 Å². The van der Waals surface area contributed by atoms with Crippen LogP contribution in [-0.2, 0) is 13.0 Å². The fourth-order valence-corrected chi connectivity index (χ4v) is 2.84. The number of carbonyl (C=O) groups excluding carboxylic acids is 1. The number of amides is 1. The second-order valence-corrected chi connectivity index (χ2v) is 6.78. The van der Waals surface area contributed by atoms with Gasteiger partial charge in [0.1, 0.15) is 0 Å². The summed E-state index contributed by atoms with van der Waals surface area (Å²) in [6, 6.07) is 1.76. The SMILES string of the molecule is CCN(Cc1noc(CC(C)C)n1)C(=O)c1cc(C)nc2onc(C)c12. The van der Waals surface area contributed by atoms with Gasteiger partial charge in [-0.15, -0.1) is 0 Å². The summed E-state index contributed by atoms with van der Waals surface area (Å²) < 4.78 is 10.5. The van der Waals surface area contributed by atoms with Crippen LogP contribution in [0.15, 0.2) is 15.1 Å². The van der Waals surface area contributed by atoms with Gasteiger partial charge in [0.25, 0.3) is 11.6 Å². The molecule has 0 saturated carbocycles. The fraction of sp³-hybridized carbons (Fsp3) is 0.500. The Bertz CT molecular complexity index is 928. The third-order valence-corrected chi connectivity index (χ3v) is 4.07. The maximum absolute atomic E-state index is 13.1. The smallest absolute Gasteiger partial charge is 0.258 e. The third-order valence-electron chi connectivity index (χ3n) is 4.07. The Labute approximate surface area is 151 Å². The van der Waals surface area contributed by atoms with E-state index in [1.165, 1.54) is 0 Å². The molecule has 8 heteroatoms. The van der Waals surface area contributed by atoms with Crippen molar-refractivity contribution in [2.24, 2.45) is 5.92 Å². The summed E-state index contributed by atoms with van der Waals surface area (Å²) in [5.41, 5.74) is 2.25. The number of hydrogen-bond donors (Lipinski definition) is 0. The number of fused-ring (bicyclic) bond motifs is 1. The minimum atomic E-state index is -0.135. The van der Waals surface area contributed by atoms with Gasteiger partial charge in [-0.3, -0.25) is 4.79 Å². The lowest BCUT2D eigenvalue weighted by molar-refractivity contribution is 0.0749. The number of aryl methyl sites for hydroxylation is 2. The molecule has 8 nitrogen and oxygen atoms in total. The highest BCUT2D eigenvalue weighted by atomic mass is 16.5. The van der Waals surface area contributed by atoms with Gasteiger partial charge in [0.2, 0.25) is 5.89 Å². The second kappa shape index (κ2) is 7.23. The molecule has 0 unspecified atom stereocenters. The molecule has 138 valence electrons. The first-order valence-electron chi connectivity index (χ1n) is 8.73. The van der Waals surface area contributed by atoms with Gasteiger partial charge in [-0.1, -0.05) is 24.2 Å². The van der Waals surface area contributed by atoms with Crippen molar-refractivity contribution in [3.8, 4) is 0 Å². The summed E-state index contributed by atoms with van der Waals surface area (Å²) in [4.78, 5) is 23.5. The molecule has 3 heterocycles. The molecule has 0 spiro atoms. The molecule has 1 amide bonds. The Hall–Kier alpha value is -2.77. The number of hydrogen-bond acceptors (Lipinski definition) is 7. The first-order chi connectivity index (χ1) is 12.4. The highest BCUT2D eigenvalue weighted by molar-refractivity contribution is 6.05. The molecule has 0 radical (unpaired) electrons. The van der Waals surface area contributed by atoms with Crippen LogP contribution in [0.2, 0.25) is 0 Å². The zero-order valence-electron chi connectivity index (χ0n) is 15.7. The summed E-state index contributed by atoms with van der Waals surface area (Å²) >= 11 is 0. The standard InChI is InChI=1S/C18H23N5O3/c1-6-23(9-14-20-15(25-22-14)7-10(2)3)18(24)13-8-11(4)19-17-16(13)12(5)21-26-17/h8,10H,6-7,9H2,1-5H3. The van der Waals surface area contributed by atoms with E-state index in [-0.39, 0.29) is 12.5 Å². The summed E-state index contributed by atoms with van der Waals surface area (Å²) in [7, 11) is 0.